The third kappa shape index (κ3) is 3.23. The molecule has 1 saturated heterocycles. The van der Waals surface area contributed by atoms with Gasteiger partial charge in [0.15, 0.2) is 0 Å². The molecule has 2 heterocycles. The average molecular weight is 303 g/mol. The van der Waals surface area contributed by atoms with Gasteiger partial charge in [0, 0.05) is 29.6 Å². The topological polar surface area (TPSA) is 53.4 Å². The second-order valence-electron chi connectivity index (χ2n) is 5.13. The smallest absolute Gasteiger partial charge is 0.246 e. The van der Waals surface area contributed by atoms with Gasteiger partial charge in [0.1, 0.15) is 0 Å². The van der Waals surface area contributed by atoms with Crippen molar-refractivity contribution in [2.24, 2.45) is 0 Å². The van der Waals surface area contributed by atoms with Crippen molar-refractivity contribution in [2.45, 2.75) is 12.5 Å². The van der Waals surface area contributed by atoms with E-state index in [0.717, 1.165) is 10.9 Å². The van der Waals surface area contributed by atoms with Crippen molar-refractivity contribution in [3.8, 4) is 0 Å². The molecule has 108 valence electrons. The van der Waals surface area contributed by atoms with Gasteiger partial charge in [-0.3, -0.25) is 4.79 Å². The summed E-state index contributed by atoms with van der Waals surface area (Å²) in [6, 6.07) is 9.34. The fraction of sp³-hybridized carbons (Fsp3) is 0.250. The van der Waals surface area contributed by atoms with E-state index >= 15 is 0 Å². The van der Waals surface area contributed by atoms with Crippen LogP contribution in [0.1, 0.15) is 12.1 Å². The number of aromatic nitrogens is 1. The minimum Gasteiger partial charge on any atom is -0.391 e. The first-order valence-electron chi connectivity index (χ1n) is 6.83. The molecule has 1 fully saturated rings. The van der Waals surface area contributed by atoms with Crippen LogP contribution in [-0.2, 0) is 4.79 Å². The zero-order valence-corrected chi connectivity index (χ0v) is 12.1. The second kappa shape index (κ2) is 5.84. The number of fused-ring (bicyclic) bond motifs is 1. The molecule has 3 rings (SSSR count). The van der Waals surface area contributed by atoms with Crippen LogP contribution in [0.15, 0.2) is 36.4 Å². The van der Waals surface area contributed by atoms with E-state index in [1.165, 1.54) is 6.08 Å². The Labute approximate surface area is 127 Å². The number of hydrogen-bond acceptors (Lipinski definition) is 3. The molecule has 1 atom stereocenters. The second-order valence-corrected chi connectivity index (χ2v) is 5.57. The maximum Gasteiger partial charge on any atom is 0.246 e. The molecule has 1 aliphatic rings. The standard InChI is InChI=1S/C16H15ClN2O2/c17-12-3-1-11-2-4-13(18-15(11)9-12)5-6-16(21)19-8-7-14(20)10-19/h1-6,9,14,20H,7-8,10H2/b6-5+/t14-/m0/s1. The molecular formula is C16H15ClN2O2. The lowest BCUT2D eigenvalue weighted by Gasteiger charge is -2.12. The summed E-state index contributed by atoms with van der Waals surface area (Å²) in [5.74, 6) is -0.0976. The first-order chi connectivity index (χ1) is 10.1. The van der Waals surface area contributed by atoms with Crippen LogP contribution in [-0.4, -0.2) is 40.1 Å². The molecule has 1 N–H and O–H groups in total. The molecule has 1 aliphatic heterocycles. The molecule has 4 nitrogen and oxygen atoms in total. The van der Waals surface area contributed by atoms with E-state index in [9.17, 15) is 9.90 Å². The average Bonchev–Trinajstić information content (AvgIpc) is 2.91. The predicted octanol–water partition coefficient (Wildman–Crippen LogP) is 2.49. The van der Waals surface area contributed by atoms with Gasteiger partial charge in [0.2, 0.25) is 5.91 Å². The van der Waals surface area contributed by atoms with E-state index in [2.05, 4.69) is 4.98 Å². The van der Waals surface area contributed by atoms with E-state index in [0.29, 0.717) is 30.2 Å². The lowest BCUT2D eigenvalue weighted by atomic mass is 10.2. The minimum atomic E-state index is -0.400. The van der Waals surface area contributed by atoms with Crippen LogP contribution in [0.5, 0.6) is 0 Å². The van der Waals surface area contributed by atoms with Gasteiger partial charge in [-0.25, -0.2) is 4.98 Å². The van der Waals surface area contributed by atoms with Gasteiger partial charge in [-0.1, -0.05) is 23.7 Å². The number of likely N-dealkylation sites (tertiary alicyclic amines) is 1. The molecule has 2 aromatic rings. The van der Waals surface area contributed by atoms with Crippen molar-refractivity contribution in [1.82, 2.24) is 9.88 Å². The van der Waals surface area contributed by atoms with Gasteiger partial charge < -0.3 is 10.0 Å². The number of rotatable bonds is 2. The largest absolute Gasteiger partial charge is 0.391 e. The quantitative estimate of drug-likeness (QED) is 0.867. The highest BCUT2D eigenvalue weighted by atomic mass is 35.5. The monoisotopic (exact) mass is 302 g/mol. The Morgan fingerprint density at radius 1 is 1.38 bits per heavy atom. The zero-order valence-electron chi connectivity index (χ0n) is 11.4. The SMILES string of the molecule is O=C(/C=C/c1ccc2ccc(Cl)cc2n1)N1CC[C@H](O)C1. The van der Waals surface area contributed by atoms with Gasteiger partial charge in [-0.2, -0.15) is 0 Å². The number of hydrogen-bond donors (Lipinski definition) is 1. The first kappa shape index (κ1) is 14.0. The molecule has 5 heteroatoms. The van der Waals surface area contributed by atoms with Gasteiger partial charge in [0.25, 0.3) is 0 Å². The Kier molecular flexibility index (Phi) is 3.90. The van der Waals surface area contributed by atoms with Crippen LogP contribution >= 0.6 is 11.6 Å². The molecule has 1 aromatic carbocycles. The van der Waals surface area contributed by atoms with E-state index in [4.69, 9.17) is 11.6 Å². The molecule has 0 spiro atoms. The Hall–Kier alpha value is -1.91. The zero-order chi connectivity index (χ0) is 14.8. The molecule has 0 aliphatic carbocycles. The van der Waals surface area contributed by atoms with Crippen molar-refractivity contribution in [2.75, 3.05) is 13.1 Å². The molecule has 0 radical (unpaired) electrons. The highest BCUT2D eigenvalue weighted by Gasteiger charge is 2.22. The van der Waals surface area contributed by atoms with Crippen molar-refractivity contribution in [1.29, 1.82) is 0 Å². The summed E-state index contributed by atoms with van der Waals surface area (Å²) in [5.41, 5.74) is 1.51. The molecule has 0 unspecified atom stereocenters. The number of aliphatic hydroxyl groups excluding tert-OH is 1. The molecule has 1 amide bonds. The number of β-amino-alcohol motifs (C(OH)–C–C–N with tert-alkyl or cyclic N) is 1. The van der Waals surface area contributed by atoms with Gasteiger partial charge >= 0.3 is 0 Å². The summed E-state index contributed by atoms with van der Waals surface area (Å²) >= 11 is 5.96. The maximum absolute atomic E-state index is 12.0. The first-order valence-corrected chi connectivity index (χ1v) is 7.21. The van der Waals surface area contributed by atoms with Crippen molar-refractivity contribution in [3.05, 3.63) is 47.1 Å². The normalized spacial score (nSPS) is 18.8. The number of aliphatic hydroxyl groups is 1. The molecular weight excluding hydrogens is 288 g/mol. The van der Waals surface area contributed by atoms with E-state index in [1.54, 1.807) is 17.0 Å². The number of benzene rings is 1. The summed E-state index contributed by atoms with van der Waals surface area (Å²) in [6.45, 7) is 1.01. The van der Waals surface area contributed by atoms with Crippen LogP contribution < -0.4 is 0 Å². The van der Waals surface area contributed by atoms with Gasteiger partial charge in [0.05, 0.1) is 17.3 Å². The Morgan fingerprint density at radius 2 is 2.19 bits per heavy atom. The third-order valence-electron chi connectivity index (χ3n) is 3.55. The number of amides is 1. The summed E-state index contributed by atoms with van der Waals surface area (Å²) < 4.78 is 0. The fourth-order valence-electron chi connectivity index (χ4n) is 2.40. The number of carbonyl (C=O) groups excluding carboxylic acids is 1. The molecule has 1 aromatic heterocycles. The van der Waals surface area contributed by atoms with Crippen molar-refractivity contribution in [3.63, 3.8) is 0 Å². The highest BCUT2D eigenvalue weighted by Crippen LogP contribution is 2.18. The Morgan fingerprint density at radius 3 is 2.95 bits per heavy atom. The molecule has 21 heavy (non-hydrogen) atoms. The van der Waals surface area contributed by atoms with Crippen LogP contribution in [0.4, 0.5) is 0 Å². The van der Waals surface area contributed by atoms with E-state index < -0.39 is 6.10 Å². The number of nitrogens with zero attached hydrogens (tertiary/aromatic N) is 2. The molecule has 0 bridgehead atoms. The van der Waals surface area contributed by atoms with Gasteiger partial charge in [-0.05, 0) is 30.7 Å². The Balaban J connectivity index is 1.77. The maximum atomic E-state index is 12.0. The van der Waals surface area contributed by atoms with E-state index in [-0.39, 0.29) is 5.91 Å². The molecule has 0 saturated carbocycles. The van der Waals surface area contributed by atoms with Crippen LogP contribution in [0.25, 0.3) is 17.0 Å². The minimum absolute atomic E-state index is 0.0976. The van der Waals surface area contributed by atoms with Crippen LogP contribution in [0, 0.1) is 0 Å². The van der Waals surface area contributed by atoms with Crippen molar-refractivity contribution < 1.29 is 9.90 Å². The lowest BCUT2D eigenvalue weighted by molar-refractivity contribution is -0.125. The van der Waals surface area contributed by atoms with Crippen LogP contribution in [0.2, 0.25) is 5.02 Å². The number of pyridine rings is 1. The van der Waals surface area contributed by atoms with E-state index in [1.807, 2.05) is 24.3 Å². The summed E-state index contributed by atoms with van der Waals surface area (Å²) in [4.78, 5) is 18.1. The summed E-state index contributed by atoms with van der Waals surface area (Å²) in [5, 5.41) is 11.1. The Bertz CT molecular complexity index is 714. The summed E-state index contributed by atoms with van der Waals surface area (Å²) in [6.07, 6.45) is 3.43. The summed E-state index contributed by atoms with van der Waals surface area (Å²) in [7, 11) is 0. The predicted molar refractivity (Wildman–Crippen MR) is 83.0 cm³/mol. The third-order valence-corrected chi connectivity index (χ3v) is 3.78. The lowest BCUT2D eigenvalue weighted by Crippen LogP contribution is -2.27. The van der Waals surface area contributed by atoms with Gasteiger partial charge in [-0.15, -0.1) is 0 Å². The fourth-order valence-corrected chi connectivity index (χ4v) is 2.57. The van der Waals surface area contributed by atoms with Crippen LogP contribution in [0.3, 0.4) is 0 Å². The highest BCUT2D eigenvalue weighted by molar-refractivity contribution is 6.31. The number of halogens is 1. The number of carbonyl (C=O) groups is 1. The van der Waals surface area contributed by atoms with Crippen molar-refractivity contribution >= 4 is 34.5 Å².